The van der Waals surface area contributed by atoms with E-state index >= 15 is 0 Å². The van der Waals surface area contributed by atoms with Crippen molar-refractivity contribution in [2.75, 3.05) is 11.9 Å². The molecule has 0 unspecified atom stereocenters. The number of hydrogen-bond donors (Lipinski definition) is 1. The van der Waals surface area contributed by atoms with Crippen LogP contribution in [0.3, 0.4) is 0 Å². The summed E-state index contributed by atoms with van der Waals surface area (Å²) in [5, 5.41) is 4.30. The molecule has 0 aliphatic rings. The lowest BCUT2D eigenvalue weighted by atomic mass is 10.1. The summed E-state index contributed by atoms with van der Waals surface area (Å²) >= 11 is 4.75. The summed E-state index contributed by atoms with van der Waals surface area (Å²) in [6.45, 7) is 2.56. The van der Waals surface area contributed by atoms with Gasteiger partial charge in [-0.25, -0.2) is 0 Å². The first-order chi connectivity index (χ1) is 7.49. The summed E-state index contributed by atoms with van der Waals surface area (Å²) in [6.07, 6.45) is -3.48. The third-order valence-corrected chi connectivity index (χ3v) is 2.33. The fourth-order valence-electron chi connectivity index (χ4n) is 1.25. The summed E-state index contributed by atoms with van der Waals surface area (Å²) in [5.74, 6) is 0. The molecule has 0 amide bonds. The second-order valence-corrected chi connectivity index (χ2v) is 3.58. The maximum Gasteiger partial charge on any atom is 0.416 e. The second kappa shape index (κ2) is 5.30. The third kappa shape index (κ3) is 3.20. The molecule has 0 fully saturated rings. The highest BCUT2D eigenvalue weighted by Gasteiger charge is 2.30. The molecule has 0 heterocycles. The predicted octanol–water partition coefficient (Wildman–Crippen LogP) is 3.88. The zero-order valence-corrected chi connectivity index (χ0v) is 9.58. The molecule has 0 saturated heterocycles. The van der Waals surface area contributed by atoms with E-state index in [1.807, 2.05) is 6.92 Å². The molecule has 1 aromatic carbocycles. The van der Waals surface area contributed by atoms with Crippen LogP contribution in [0.1, 0.15) is 24.5 Å². The van der Waals surface area contributed by atoms with E-state index in [0.29, 0.717) is 17.8 Å². The Morgan fingerprint density at radius 2 is 2.06 bits per heavy atom. The van der Waals surface area contributed by atoms with Crippen LogP contribution in [0.25, 0.3) is 0 Å². The zero-order chi connectivity index (χ0) is 12.2. The second-order valence-electron chi connectivity index (χ2n) is 3.34. The van der Waals surface area contributed by atoms with Gasteiger partial charge in [0.05, 0.1) is 5.56 Å². The van der Waals surface area contributed by atoms with Gasteiger partial charge in [-0.3, -0.25) is 0 Å². The van der Waals surface area contributed by atoms with Crippen LogP contribution in [0, 0.1) is 0 Å². The van der Waals surface area contributed by atoms with Crippen molar-refractivity contribution in [3.8, 4) is 0 Å². The van der Waals surface area contributed by atoms with Gasteiger partial charge in [-0.15, -0.1) is 0 Å². The molecule has 1 nitrogen and oxygen atoms in total. The molecular formula is C11H12F3NS. The van der Waals surface area contributed by atoms with E-state index in [0.717, 1.165) is 18.6 Å². The van der Waals surface area contributed by atoms with Crippen LogP contribution in [0.15, 0.2) is 18.2 Å². The smallest absolute Gasteiger partial charge is 0.385 e. The molecule has 0 aliphatic carbocycles. The van der Waals surface area contributed by atoms with Gasteiger partial charge >= 0.3 is 6.18 Å². The van der Waals surface area contributed by atoms with Crippen molar-refractivity contribution >= 4 is 23.3 Å². The van der Waals surface area contributed by atoms with Gasteiger partial charge in [0.2, 0.25) is 0 Å². The van der Waals surface area contributed by atoms with Crippen LogP contribution in [0.4, 0.5) is 18.9 Å². The summed E-state index contributed by atoms with van der Waals surface area (Å²) in [6, 6.07) is 3.51. The van der Waals surface area contributed by atoms with Crippen molar-refractivity contribution in [1.82, 2.24) is 0 Å². The molecule has 1 rings (SSSR count). The Hall–Kier alpha value is -1.10. The highest BCUT2D eigenvalue weighted by Crippen LogP contribution is 2.31. The normalized spacial score (nSPS) is 11.2. The van der Waals surface area contributed by atoms with Gasteiger partial charge in [0.1, 0.15) is 0 Å². The van der Waals surface area contributed by atoms with Gasteiger partial charge in [0.15, 0.2) is 0 Å². The molecular weight excluding hydrogens is 235 g/mol. The van der Waals surface area contributed by atoms with Crippen LogP contribution in [-0.2, 0) is 6.18 Å². The molecule has 0 radical (unpaired) electrons. The lowest BCUT2D eigenvalue weighted by Gasteiger charge is -2.12. The molecule has 88 valence electrons. The van der Waals surface area contributed by atoms with E-state index in [-0.39, 0.29) is 0 Å². The molecule has 0 spiro atoms. The van der Waals surface area contributed by atoms with Crippen LogP contribution in [0.5, 0.6) is 0 Å². The molecule has 0 atom stereocenters. The SMILES string of the molecule is CCCNc1cc(C(F)(F)F)ccc1C=S. The van der Waals surface area contributed by atoms with Crippen LogP contribution in [-0.4, -0.2) is 11.9 Å². The van der Waals surface area contributed by atoms with Crippen molar-refractivity contribution < 1.29 is 13.2 Å². The standard InChI is InChI=1S/C11H12F3NS/c1-2-5-15-10-6-9(11(12,13)14)4-3-8(10)7-16/h3-4,6-7,15H,2,5H2,1H3. The zero-order valence-electron chi connectivity index (χ0n) is 8.77. The molecule has 5 heteroatoms. The van der Waals surface area contributed by atoms with Crippen molar-refractivity contribution in [3.05, 3.63) is 29.3 Å². The third-order valence-electron chi connectivity index (χ3n) is 2.07. The average molecular weight is 247 g/mol. The summed E-state index contributed by atoms with van der Waals surface area (Å²) < 4.78 is 37.4. The van der Waals surface area contributed by atoms with Crippen molar-refractivity contribution in [3.63, 3.8) is 0 Å². The Labute approximate surface area is 97.7 Å². The largest absolute Gasteiger partial charge is 0.416 e. The minimum absolute atomic E-state index is 0.437. The van der Waals surface area contributed by atoms with E-state index in [2.05, 4.69) is 5.32 Å². The summed E-state index contributed by atoms with van der Waals surface area (Å²) in [7, 11) is 0. The Kier molecular flexibility index (Phi) is 4.29. The number of hydrogen-bond acceptors (Lipinski definition) is 2. The fourth-order valence-corrected chi connectivity index (χ4v) is 1.45. The van der Waals surface area contributed by atoms with Crippen LogP contribution in [0.2, 0.25) is 0 Å². The molecule has 0 aromatic heterocycles. The van der Waals surface area contributed by atoms with Crippen molar-refractivity contribution in [2.45, 2.75) is 19.5 Å². The number of alkyl halides is 3. The number of rotatable bonds is 4. The Morgan fingerprint density at radius 1 is 1.38 bits per heavy atom. The lowest BCUT2D eigenvalue weighted by molar-refractivity contribution is -0.137. The number of anilines is 1. The minimum Gasteiger partial charge on any atom is -0.385 e. The van der Waals surface area contributed by atoms with Gasteiger partial charge in [0, 0.05) is 23.2 Å². The first-order valence-corrected chi connectivity index (χ1v) is 5.36. The van der Waals surface area contributed by atoms with E-state index in [4.69, 9.17) is 12.2 Å². The fraction of sp³-hybridized carbons (Fsp3) is 0.364. The van der Waals surface area contributed by atoms with Crippen LogP contribution < -0.4 is 5.32 Å². The minimum atomic E-state index is -4.32. The molecule has 0 saturated carbocycles. The first-order valence-electron chi connectivity index (χ1n) is 4.89. The van der Waals surface area contributed by atoms with Gasteiger partial charge in [-0.05, 0) is 18.6 Å². The van der Waals surface area contributed by atoms with E-state index in [9.17, 15) is 13.2 Å². The quantitative estimate of drug-likeness (QED) is 0.810. The highest BCUT2D eigenvalue weighted by atomic mass is 32.1. The van der Waals surface area contributed by atoms with E-state index in [1.54, 1.807) is 0 Å². The number of benzene rings is 1. The first kappa shape index (κ1) is 13.0. The van der Waals surface area contributed by atoms with Gasteiger partial charge in [-0.1, -0.05) is 25.2 Å². The maximum absolute atomic E-state index is 12.5. The van der Waals surface area contributed by atoms with Gasteiger partial charge in [0.25, 0.3) is 0 Å². The topological polar surface area (TPSA) is 12.0 Å². The maximum atomic E-state index is 12.5. The highest BCUT2D eigenvalue weighted by molar-refractivity contribution is 7.79. The lowest BCUT2D eigenvalue weighted by Crippen LogP contribution is -2.08. The van der Waals surface area contributed by atoms with Gasteiger partial charge < -0.3 is 5.32 Å². The Bertz CT molecular complexity index is 374. The number of nitrogens with one attached hydrogen (secondary N) is 1. The number of thiocarbonyl (C=S) groups is 1. The molecule has 1 N–H and O–H groups in total. The number of halogens is 3. The molecule has 1 aromatic rings. The summed E-state index contributed by atoms with van der Waals surface area (Å²) in [4.78, 5) is 0. The summed E-state index contributed by atoms with van der Waals surface area (Å²) in [5.41, 5.74) is 0.384. The van der Waals surface area contributed by atoms with Gasteiger partial charge in [-0.2, -0.15) is 13.2 Å². The van der Waals surface area contributed by atoms with E-state index < -0.39 is 11.7 Å². The monoisotopic (exact) mass is 247 g/mol. The van der Waals surface area contributed by atoms with Crippen molar-refractivity contribution in [2.24, 2.45) is 0 Å². The Balaban J connectivity index is 3.06. The predicted molar refractivity (Wildman–Crippen MR) is 63.0 cm³/mol. The Morgan fingerprint density at radius 3 is 2.56 bits per heavy atom. The molecule has 0 bridgehead atoms. The average Bonchev–Trinajstić information content (AvgIpc) is 2.24. The van der Waals surface area contributed by atoms with E-state index in [1.165, 1.54) is 11.4 Å². The van der Waals surface area contributed by atoms with Crippen LogP contribution >= 0.6 is 12.2 Å². The van der Waals surface area contributed by atoms with Crippen molar-refractivity contribution in [1.29, 1.82) is 0 Å². The molecule has 0 aliphatic heterocycles. The molecule has 16 heavy (non-hydrogen) atoms.